The molecule has 1 saturated heterocycles. The third kappa shape index (κ3) is 2.19. The molecule has 0 saturated carbocycles. The molecule has 5 nitrogen and oxygen atoms in total. The van der Waals surface area contributed by atoms with Gasteiger partial charge in [-0.15, -0.1) is 0 Å². The van der Waals surface area contributed by atoms with E-state index >= 15 is 0 Å². The Bertz CT molecular complexity index is 401. The number of aromatic nitrogens is 2. The van der Waals surface area contributed by atoms with E-state index in [1.165, 1.54) is 18.0 Å². The van der Waals surface area contributed by atoms with Crippen molar-refractivity contribution in [2.24, 2.45) is 0 Å². The molecule has 1 aliphatic heterocycles. The SMILES string of the molecule is CSc1ncc(C#N)c(OC2COC2)n1. The van der Waals surface area contributed by atoms with Gasteiger partial charge in [0.05, 0.1) is 19.4 Å². The lowest BCUT2D eigenvalue weighted by Gasteiger charge is -2.26. The van der Waals surface area contributed by atoms with Gasteiger partial charge < -0.3 is 9.47 Å². The highest BCUT2D eigenvalue weighted by Crippen LogP contribution is 2.20. The Morgan fingerprint density at radius 1 is 1.67 bits per heavy atom. The van der Waals surface area contributed by atoms with Crippen LogP contribution >= 0.6 is 11.8 Å². The van der Waals surface area contributed by atoms with Crippen molar-refractivity contribution in [3.05, 3.63) is 11.8 Å². The number of hydrogen-bond acceptors (Lipinski definition) is 6. The minimum Gasteiger partial charge on any atom is -0.468 e. The van der Waals surface area contributed by atoms with Gasteiger partial charge in [0.15, 0.2) is 5.16 Å². The Morgan fingerprint density at radius 2 is 2.47 bits per heavy atom. The van der Waals surface area contributed by atoms with Crippen LogP contribution in [0.3, 0.4) is 0 Å². The van der Waals surface area contributed by atoms with E-state index in [4.69, 9.17) is 14.7 Å². The van der Waals surface area contributed by atoms with Gasteiger partial charge in [0.2, 0.25) is 5.88 Å². The summed E-state index contributed by atoms with van der Waals surface area (Å²) in [6.45, 7) is 1.12. The van der Waals surface area contributed by atoms with Crippen LogP contribution in [0.15, 0.2) is 11.4 Å². The zero-order valence-electron chi connectivity index (χ0n) is 8.14. The van der Waals surface area contributed by atoms with Gasteiger partial charge in [-0.25, -0.2) is 4.98 Å². The minimum atomic E-state index is 0.0155. The average molecular weight is 223 g/mol. The standard InChI is InChI=1S/C9H9N3O2S/c1-15-9-11-3-6(2-10)8(12-9)14-7-4-13-5-7/h3,7H,4-5H2,1H3. The number of nitriles is 1. The fraction of sp³-hybridized carbons (Fsp3) is 0.444. The van der Waals surface area contributed by atoms with Crippen molar-refractivity contribution in [2.45, 2.75) is 11.3 Å². The van der Waals surface area contributed by atoms with Gasteiger partial charge in [-0.3, -0.25) is 0 Å². The number of nitrogens with zero attached hydrogens (tertiary/aromatic N) is 3. The number of rotatable bonds is 3. The Kier molecular flexibility index (Phi) is 3.04. The zero-order valence-corrected chi connectivity index (χ0v) is 8.95. The molecule has 78 valence electrons. The van der Waals surface area contributed by atoms with Gasteiger partial charge in [0, 0.05) is 0 Å². The summed E-state index contributed by atoms with van der Waals surface area (Å²) in [5.41, 5.74) is 0.361. The van der Waals surface area contributed by atoms with Crippen molar-refractivity contribution < 1.29 is 9.47 Å². The summed E-state index contributed by atoms with van der Waals surface area (Å²) in [5, 5.41) is 9.44. The maximum absolute atomic E-state index is 8.84. The second-order valence-electron chi connectivity index (χ2n) is 2.96. The van der Waals surface area contributed by atoms with Crippen LogP contribution in [0, 0.1) is 11.3 Å². The van der Waals surface area contributed by atoms with Crippen molar-refractivity contribution in [2.75, 3.05) is 19.5 Å². The van der Waals surface area contributed by atoms with Crippen LogP contribution in [0.5, 0.6) is 5.88 Å². The number of hydrogen-bond donors (Lipinski definition) is 0. The lowest BCUT2D eigenvalue weighted by Crippen LogP contribution is -2.39. The Balaban J connectivity index is 2.21. The van der Waals surface area contributed by atoms with Crippen molar-refractivity contribution in [1.29, 1.82) is 5.26 Å². The van der Waals surface area contributed by atoms with E-state index in [1.54, 1.807) is 0 Å². The van der Waals surface area contributed by atoms with E-state index in [1.807, 2.05) is 12.3 Å². The minimum absolute atomic E-state index is 0.0155. The van der Waals surface area contributed by atoms with Crippen LogP contribution in [0.4, 0.5) is 0 Å². The summed E-state index contributed by atoms with van der Waals surface area (Å²) >= 11 is 1.41. The third-order valence-electron chi connectivity index (χ3n) is 1.92. The second kappa shape index (κ2) is 4.47. The molecule has 1 aliphatic rings. The first kappa shape index (κ1) is 10.2. The molecule has 0 aliphatic carbocycles. The van der Waals surface area contributed by atoms with Crippen LogP contribution in [-0.4, -0.2) is 35.5 Å². The van der Waals surface area contributed by atoms with Gasteiger partial charge in [-0.1, -0.05) is 11.8 Å². The Morgan fingerprint density at radius 3 is 3.00 bits per heavy atom. The molecule has 6 heteroatoms. The predicted octanol–water partition coefficient (Wildman–Crippen LogP) is 0.848. The third-order valence-corrected chi connectivity index (χ3v) is 2.48. The zero-order chi connectivity index (χ0) is 10.7. The normalized spacial score (nSPS) is 15.5. The van der Waals surface area contributed by atoms with Gasteiger partial charge in [0.25, 0.3) is 0 Å². The monoisotopic (exact) mass is 223 g/mol. The second-order valence-corrected chi connectivity index (χ2v) is 3.74. The molecular formula is C9H9N3O2S. The topological polar surface area (TPSA) is 68.0 Å². The van der Waals surface area contributed by atoms with Crippen LogP contribution < -0.4 is 4.74 Å². The van der Waals surface area contributed by atoms with Gasteiger partial charge in [-0.05, 0) is 6.26 Å². The molecule has 1 aromatic heterocycles. The van der Waals surface area contributed by atoms with Crippen LogP contribution in [-0.2, 0) is 4.74 Å². The highest BCUT2D eigenvalue weighted by Gasteiger charge is 2.22. The van der Waals surface area contributed by atoms with Crippen molar-refractivity contribution in [3.63, 3.8) is 0 Å². The lowest BCUT2D eigenvalue weighted by molar-refractivity contribution is -0.0817. The van der Waals surface area contributed by atoms with Crippen molar-refractivity contribution in [3.8, 4) is 11.9 Å². The molecule has 15 heavy (non-hydrogen) atoms. The molecule has 1 aromatic rings. The first-order chi connectivity index (χ1) is 7.33. The van der Waals surface area contributed by atoms with Crippen LogP contribution in [0.1, 0.15) is 5.56 Å². The number of thioether (sulfide) groups is 1. The molecule has 2 heterocycles. The largest absolute Gasteiger partial charge is 0.468 e. The van der Waals surface area contributed by atoms with Crippen LogP contribution in [0.25, 0.3) is 0 Å². The molecule has 1 fully saturated rings. The molecule has 0 unspecified atom stereocenters. The summed E-state index contributed by atoms with van der Waals surface area (Å²) in [6, 6.07) is 2.00. The maximum atomic E-state index is 8.84. The summed E-state index contributed by atoms with van der Waals surface area (Å²) in [5.74, 6) is 0.352. The molecule has 0 spiro atoms. The van der Waals surface area contributed by atoms with Crippen molar-refractivity contribution in [1.82, 2.24) is 9.97 Å². The molecular weight excluding hydrogens is 214 g/mol. The molecule has 2 rings (SSSR count). The first-order valence-corrected chi connectivity index (χ1v) is 5.61. The lowest BCUT2D eigenvalue weighted by atomic mass is 10.3. The van der Waals surface area contributed by atoms with Gasteiger partial charge in [0.1, 0.15) is 17.7 Å². The molecule has 0 bridgehead atoms. The van der Waals surface area contributed by atoms with Gasteiger partial charge in [-0.2, -0.15) is 10.2 Å². The summed E-state index contributed by atoms with van der Waals surface area (Å²) in [6.07, 6.45) is 3.37. The Hall–Kier alpha value is -1.32. The molecule has 0 atom stereocenters. The van der Waals surface area contributed by atoms with E-state index in [2.05, 4.69) is 9.97 Å². The quantitative estimate of drug-likeness (QED) is 0.559. The molecule has 0 amide bonds. The van der Waals surface area contributed by atoms with Gasteiger partial charge >= 0.3 is 0 Å². The van der Waals surface area contributed by atoms with E-state index in [9.17, 15) is 0 Å². The number of ether oxygens (including phenoxy) is 2. The predicted molar refractivity (Wildman–Crippen MR) is 53.8 cm³/mol. The molecule has 0 radical (unpaired) electrons. The smallest absolute Gasteiger partial charge is 0.236 e. The van der Waals surface area contributed by atoms with Crippen molar-refractivity contribution >= 4 is 11.8 Å². The average Bonchev–Trinajstić information content (AvgIpc) is 2.23. The van der Waals surface area contributed by atoms with E-state index in [0.717, 1.165) is 0 Å². The van der Waals surface area contributed by atoms with E-state index < -0.39 is 0 Å². The fourth-order valence-electron chi connectivity index (χ4n) is 1.06. The van der Waals surface area contributed by atoms with E-state index in [0.29, 0.717) is 29.8 Å². The summed E-state index contributed by atoms with van der Waals surface area (Å²) in [7, 11) is 0. The summed E-state index contributed by atoms with van der Waals surface area (Å²) in [4.78, 5) is 8.13. The van der Waals surface area contributed by atoms with E-state index in [-0.39, 0.29) is 6.10 Å². The van der Waals surface area contributed by atoms with Crippen LogP contribution in [0.2, 0.25) is 0 Å². The summed E-state index contributed by atoms with van der Waals surface area (Å²) < 4.78 is 10.5. The fourth-order valence-corrected chi connectivity index (χ4v) is 1.39. The molecule has 0 N–H and O–H groups in total. The first-order valence-electron chi connectivity index (χ1n) is 4.39. The highest BCUT2D eigenvalue weighted by atomic mass is 32.2. The highest BCUT2D eigenvalue weighted by molar-refractivity contribution is 7.98. The maximum Gasteiger partial charge on any atom is 0.236 e. The molecule has 0 aromatic carbocycles. The Labute approximate surface area is 91.4 Å².